The van der Waals surface area contributed by atoms with Crippen LogP contribution < -0.4 is 10.2 Å². The van der Waals surface area contributed by atoms with Crippen LogP contribution in [0.25, 0.3) is 0 Å². The van der Waals surface area contributed by atoms with E-state index in [1.165, 1.54) is 11.1 Å². The highest BCUT2D eigenvalue weighted by Crippen LogP contribution is 2.25. The van der Waals surface area contributed by atoms with Crippen LogP contribution in [-0.2, 0) is 12.0 Å². The Balaban J connectivity index is 1.77. The summed E-state index contributed by atoms with van der Waals surface area (Å²) in [7, 11) is 2.05. The molecule has 27 heavy (non-hydrogen) atoms. The van der Waals surface area contributed by atoms with E-state index in [1.807, 2.05) is 19.1 Å². The van der Waals surface area contributed by atoms with Gasteiger partial charge in [0.05, 0.1) is 0 Å². The van der Waals surface area contributed by atoms with Gasteiger partial charge in [-0.15, -0.1) is 0 Å². The largest absolute Gasteiger partial charge is 0.355 e. The van der Waals surface area contributed by atoms with E-state index in [9.17, 15) is 0 Å². The fraction of sp³-hybridized carbons (Fsp3) is 0.304. The molecule has 4 heteroatoms. The quantitative estimate of drug-likeness (QED) is 0.656. The van der Waals surface area contributed by atoms with Crippen molar-refractivity contribution in [3.05, 3.63) is 77.5 Å². The van der Waals surface area contributed by atoms with E-state index in [0.29, 0.717) is 5.95 Å². The summed E-state index contributed by atoms with van der Waals surface area (Å²) >= 11 is 0. The minimum Gasteiger partial charge on any atom is -0.355 e. The second kappa shape index (κ2) is 7.78. The molecular weight excluding hydrogens is 332 g/mol. The standard InChI is InChI=1S/C23H28N4/c1-17-15-21(27(5)16-18-9-7-6-8-10-18)26-22(24-17)25-20-13-11-19(12-14-20)23(2,3)4/h6-15H,16H2,1-5H3,(H,24,25,26). The summed E-state index contributed by atoms with van der Waals surface area (Å²) in [5, 5.41) is 3.33. The molecule has 0 amide bonds. The molecule has 1 aromatic heterocycles. The van der Waals surface area contributed by atoms with Crippen LogP contribution in [0, 0.1) is 6.92 Å². The predicted octanol–water partition coefficient (Wildman–Crippen LogP) is 5.46. The monoisotopic (exact) mass is 360 g/mol. The number of benzene rings is 2. The van der Waals surface area contributed by atoms with Crippen LogP contribution in [0.15, 0.2) is 60.7 Å². The number of rotatable bonds is 5. The Bertz CT molecular complexity index is 881. The van der Waals surface area contributed by atoms with Crippen molar-refractivity contribution >= 4 is 17.5 Å². The minimum atomic E-state index is 0.145. The third-order valence-corrected chi connectivity index (χ3v) is 4.50. The van der Waals surface area contributed by atoms with Gasteiger partial charge in [-0.05, 0) is 35.6 Å². The molecule has 0 atom stereocenters. The van der Waals surface area contributed by atoms with Crippen molar-refractivity contribution in [2.45, 2.75) is 39.7 Å². The van der Waals surface area contributed by atoms with Gasteiger partial charge in [0.1, 0.15) is 5.82 Å². The van der Waals surface area contributed by atoms with Crippen molar-refractivity contribution in [1.82, 2.24) is 9.97 Å². The Kier molecular flexibility index (Phi) is 5.45. The third-order valence-electron chi connectivity index (χ3n) is 4.50. The van der Waals surface area contributed by atoms with E-state index in [-0.39, 0.29) is 5.41 Å². The molecule has 4 nitrogen and oxygen atoms in total. The molecule has 1 heterocycles. The van der Waals surface area contributed by atoms with E-state index in [0.717, 1.165) is 23.7 Å². The van der Waals surface area contributed by atoms with E-state index in [1.54, 1.807) is 0 Å². The first kappa shape index (κ1) is 18.9. The van der Waals surface area contributed by atoms with Gasteiger partial charge in [-0.25, -0.2) is 4.98 Å². The molecule has 0 saturated heterocycles. The molecule has 0 aliphatic rings. The molecule has 0 aliphatic carbocycles. The first-order valence-corrected chi connectivity index (χ1v) is 9.29. The summed E-state index contributed by atoms with van der Waals surface area (Å²) in [6, 6.07) is 20.9. The Morgan fingerprint density at radius 3 is 2.22 bits per heavy atom. The Hall–Kier alpha value is -2.88. The van der Waals surface area contributed by atoms with Crippen molar-refractivity contribution < 1.29 is 0 Å². The van der Waals surface area contributed by atoms with Crippen LogP contribution in [0.3, 0.4) is 0 Å². The van der Waals surface area contributed by atoms with Crippen LogP contribution in [0.1, 0.15) is 37.6 Å². The minimum absolute atomic E-state index is 0.145. The van der Waals surface area contributed by atoms with Crippen molar-refractivity contribution in [3.8, 4) is 0 Å². The average molecular weight is 361 g/mol. The molecule has 0 unspecified atom stereocenters. The number of hydrogen-bond acceptors (Lipinski definition) is 4. The molecule has 0 radical (unpaired) electrons. The lowest BCUT2D eigenvalue weighted by atomic mass is 9.87. The van der Waals surface area contributed by atoms with Crippen molar-refractivity contribution in [3.63, 3.8) is 0 Å². The first-order chi connectivity index (χ1) is 12.8. The topological polar surface area (TPSA) is 41.1 Å². The summed E-state index contributed by atoms with van der Waals surface area (Å²) < 4.78 is 0. The summed E-state index contributed by atoms with van der Waals surface area (Å²) in [5.41, 5.74) is 4.63. The van der Waals surface area contributed by atoms with Crippen LogP contribution in [0.5, 0.6) is 0 Å². The SMILES string of the molecule is Cc1cc(N(C)Cc2ccccc2)nc(Nc2ccc(C(C)(C)C)cc2)n1. The number of hydrogen-bond donors (Lipinski definition) is 1. The second-order valence-corrected chi connectivity index (χ2v) is 7.99. The lowest BCUT2D eigenvalue weighted by Gasteiger charge is -2.20. The Morgan fingerprint density at radius 1 is 0.926 bits per heavy atom. The van der Waals surface area contributed by atoms with E-state index in [4.69, 9.17) is 4.98 Å². The zero-order valence-corrected chi connectivity index (χ0v) is 16.8. The fourth-order valence-electron chi connectivity index (χ4n) is 2.92. The zero-order chi connectivity index (χ0) is 19.4. The predicted molar refractivity (Wildman–Crippen MR) is 114 cm³/mol. The lowest BCUT2D eigenvalue weighted by Crippen LogP contribution is -2.18. The van der Waals surface area contributed by atoms with E-state index in [2.05, 4.69) is 91.6 Å². The van der Waals surface area contributed by atoms with Gasteiger partial charge in [-0.1, -0.05) is 63.2 Å². The van der Waals surface area contributed by atoms with Crippen LogP contribution >= 0.6 is 0 Å². The number of aromatic nitrogens is 2. The Morgan fingerprint density at radius 2 is 1.59 bits per heavy atom. The zero-order valence-electron chi connectivity index (χ0n) is 16.8. The second-order valence-electron chi connectivity index (χ2n) is 7.99. The van der Waals surface area contributed by atoms with Crippen molar-refractivity contribution in [1.29, 1.82) is 0 Å². The normalized spacial score (nSPS) is 11.3. The maximum atomic E-state index is 4.70. The van der Waals surface area contributed by atoms with Gasteiger partial charge in [0.25, 0.3) is 0 Å². The summed E-state index contributed by atoms with van der Waals surface area (Å²) in [4.78, 5) is 11.4. The fourth-order valence-corrected chi connectivity index (χ4v) is 2.92. The van der Waals surface area contributed by atoms with Gasteiger partial charge >= 0.3 is 0 Å². The lowest BCUT2D eigenvalue weighted by molar-refractivity contribution is 0.590. The van der Waals surface area contributed by atoms with Gasteiger partial charge < -0.3 is 10.2 Å². The molecule has 0 saturated carbocycles. The molecule has 2 aromatic carbocycles. The van der Waals surface area contributed by atoms with Gasteiger partial charge in [-0.2, -0.15) is 4.98 Å². The summed E-state index contributed by atoms with van der Waals surface area (Å²) in [6.45, 7) is 9.45. The van der Waals surface area contributed by atoms with Gasteiger partial charge in [0.15, 0.2) is 0 Å². The highest BCUT2D eigenvalue weighted by atomic mass is 15.2. The highest BCUT2D eigenvalue weighted by Gasteiger charge is 2.13. The highest BCUT2D eigenvalue weighted by molar-refractivity contribution is 5.56. The van der Waals surface area contributed by atoms with Crippen LogP contribution in [-0.4, -0.2) is 17.0 Å². The molecule has 0 bridgehead atoms. The average Bonchev–Trinajstić information content (AvgIpc) is 2.62. The molecule has 0 aliphatic heterocycles. The number of anilines is 3. The maximum Gasteiger partial charge on any atom is 0.229 e. The Labute approximate surface area is 162 Å². The third kappa shape index (κ3) is 5.07. The van der Waals surface area contributed by atoms with Crippen LogP contribution in [0.2, 0.25) is 0 Å². The molecule has 0 spiro atoms. The summed E-state index contributed by atoms with van der Waals surface area (Å²) in [6.07, 6.45) is 0. The number of nitrogens with zero attached hydrogens (tertiary/aromatic N) is 3. The first-order valence-electron chi connectivity index (χ1n) is 9.29. The van der Waals surface area contributed by atoms with E-state index >= 15 is 0 Å². The number of nitrogens with one attached hydrogen (secondary N) is 1. The van der Waals surface area contributed by atoms with Gasteiger partial charge in [-0.3, -0.25) is 0 Å². The molecule has 3 rings (SSSR count). The van der Waals surface area contributed by atoms with Crippen molar-refractivity contribution in [2.24, 2.45) is 0 Å². The van der Waals surface area contributed by atoms with E-state index < -0.39 is 0 Å². The molecule has 140 valence electrons. The summed E-state index contributed by atoms with van der Waals surface area (Å²) in [5.74, 6) is 1.52. The van der Waals surface area contributed by atoms with Gasteiger partial charge in [0.2, 0.25) is 5.95 Å². The van der Waals surface area contributed by atoms with Crippen molar-refractivity contribution in [2.75, 3.05) is 17.3 Å². The number of aryl methyl sites for hydroxylation is 1. The smallest absolute Gasteiger partial charge is 0.229 e. The maximum absolute atomic E-state index is 4.70. The molecule has 1 N–H and O–H groups in total. The molecule has 3 aromatic rings. The molecule has 0 fully saturated rings. The van der Waals surface area contributed by atoms with Crippen LogP contribution in [0.4, 0.5) is 17.5 Å². The van der Waals surface area contributed by atoms with Gasteiger partial charge in [0, 0.05) is 31.0 Å². The molecular formula is C23H28N4.